The number of thiazole rings is 1. The molecule has 1 fully saturated rings. The van der Waals surface area contributed by atoms with Crippen LogP contribution in [0.3, 0.4) is 0 Å². The lowest BCUT2D eigenvalue weighted by atomic mass is 10.2. The maximum absolute atomic E-state index is 5.74. The Morgan fingerprint density at radius 3 is 2.86 bits per heavy atom. The zero-order chi connectivity index (χ0) is 14.7. The molecular formula is C16H20N2O2S. The van der Waals surface area contributed by atoms with Crippen LogP contribution >= 0.6 is 11.3 Å². The number of nitrogens with zero attached hydrogens (tertiary/aromatic N) is 2. The Balaban J connectivity index is 1.88. The lowest BCUT2D eigenvalue weighted by Gasteiger charge is -2.12. The molecule has 1 atom stereocenters. The number of ether oxygens (including phenoxy) is 2. The monoisotopic (exact) mass is 304 g/mol. The first-order valence-corrected chi connectivity index (χ1v) is 8.09. The first-order chi connectivity index (χ1) is 10.3. The van der Waals surface area contributed by atoms with Crippen LogP contribution in [0.4, 0.5) is 5.69 Å². The van der Waals surface area contributed by atoms with Crippen LogP contribution in [-0.4, -0.2) is 24.4 Å². The highest BCUT2D eigenvalue weighted by Crippen LogP contribution is 2.18. The predicted octanol–water partition coefficient (Wildman–Crippen LogP) is 3.28. The molecule has 0 radical (unpaired) electrons. The van der Waals surface area contributed by atoms with Gasteiger partial charge in [-0.15, -0.1) is 11.3 Å². The van der Waals surface area contributed by atoms with E-state index in [0.717, 1.165) is 35.8 Å². The van der Waals surface area contributed by atoms with E-state index in [4.69, 9.17) is 14.5 Å². The van der Waals surface area contributed by atoms with Crippen molar-refractivity contribution in [3.8, 4) is 5.75 Å². The van der Waals surface area contributed by atoms with Gasteiger partial charge in [-0.2, -0.15) is 0 Å². The zero-order valence-electron chi connectivity index (χ0n) is 12.4. The number of rotatable bonds is 4. The van der Waals surface area contributed by atoms with Gasteiger partial charge in [0.1, 0.15) is 5.75 Å². The summed E-state index contributed by atoms with van der Waals surface area (Å²) in [6.45, 7) is 3.90. The Bertz CT molecular complexity index is 652. The van der Waals surface area contributed by atoms with E-state index in [2.05, 4.69) is 16.9 Å². The summed E-state index contributed by atoms with van der Waals surface area (Å²) in [4.78, 5) is 5.77. The molecule has 112 valence electrons. The minimum Gasteiger partial charge on any atom is -0.497 e. The first kappa shape index (κ1) is 14.4. The fourth-order valence-corrected chi connectivity index (χ4v) is 3.39. The molecule has 3 rings (SSSR count). The molecule has 5 heteroatoms. The summed E-state index contributed by atoms with van der Waals surface area (Å²) < 4.78 is 13.2. The van der Waals surface area contributed by atoms with E-state index in [-0.39, 0.29) is 0 Å². The minimum atomic E-state index is 0.327. The van der Waals surface area contributed by atoms with Crippen LogP contribution in [0.25, 0.3) is 0 Å². The number of aromatic nitrogens is 1. The van der Waals surface area contributed by atoms with Crippen LogP contribution in [0, 0.1) is 6.92 Å². The second-order valence-corrected chi connectivity index (χ2v) is 6.05. The summed E-state index contributed by atoms with van der Waals surface area (Å²) in [7, 11) is 1.67. The van der Waals surface area contributed by atoms with E-state index in [1.165, 1.54) is 12.1 Å². The molecule has 4 nitrogen and oxygen atoms in total. The van der Waals surface area contributed by atoms with Crippen molar-refractivity contribution in [2.45, 2.75) is 32.4 Å². The van der Waals surface area contributed by atoms with Gasteiger partial charge in [0.05, 0.1) is 25.4 Å². The Labute approximate surface area is 128 Å². The molecule has 1 saturated heterocycles. The summed E-state index contributed by atoms with van der Waals surface area (Å²) in [6, 6.07) is 7.82. The molecule has 1 unspecified atom stereocenters. The molecule has 2 aromatic rings. The molecule has 1 aromatic heterocycles. The van der Waals surface area contributed by atoms with Crippen molar-refractivity contribution in [2.24, 2.45) is 4.99 Å². The Morgan fingerprint density at radius 2 is 2.19 bits per heavy atom. The van der Waals surface area contributed by atoms with Gasteiger partial charge in [0.2, 0.25) is 0 Å². The van der Waals surface area contributed by atoms with Crippen LogP contribution in [0.15, 0.2) is 34.6 Å². The van der Waals surface area contributed by atoms with Gasteiger partial charge in [-0.3, -0.25) is 0 Å². The fraction of sp³-hybridized carbons (Fsp3) is 0.438. The highest BCUT2D eigenvalue weighted by Gasteiger charge is 2.17. The Hall–Kier alpha value is -1.59. The van der Waals surface area contributed by atoms with Gasteiger partial charge in [-0.05, 0) is 44.0 Å². The van der Waals surface area contributed by atoms with Gasteiger partial charge >= 0.3 is 0 Å². The van der Waals surface area contributed by atoms with Crippen molar-refractivity contribution in [1.82, 2.24) is 4.57 Å². The maximum atomic E-state index is 5.74. The second kappa shape index (κ2) is 6.45. The summed E-state index contributed by atoms with van der Waals surface area (Å²) in [5.41, 5.74) is 2.18. The largest absolute Gasteiger partial charge is 0.497 e. The van der Waals surface area contributed by atoms with E-state index in [1.807, 2.05) is 24.3 Å². The highest BCUT2D eigenvalue weighted by molar-refractivity contribution is 7.07. The van der Waals surface area contributed by atoms with Crippen molar-refractivity contribution in [3.05, 3.63) is 40.1 Å². The van der Waals surface area contributed by atoms with Crippen molar-refractivity contribution in [1.29, 1.82) is 0 Å². The van der Waals surface area contributed by atoms with E-state index in [9.17, 15) is 0 Å². The average Bonchev–Trinajstić information content (AvgIpc) is 3.13. The zero-order valence-corrected chi connectivity index (χ0v) is 13.2. The van der Waals surface area contributed by atoms with Gasteiger partial charge in [0, 0.05) is 17.7 Å². The molecule has 0 spiro atoms. The van der Waals surface area contributed by atoms with E-state index >= 15 is 0 Å². The van der Waals surface area contributed by atoms with Gasteiger partial charge < -0.3 is 14.0 Å². The third-order valence-corrected chi connectivity index (χ3v) is 4.68. The number of aryl methyl sites for hydroxylation is 1. The molecule has 1 aliphatic heterocycles. The lowest BCUT2D eigenvalue weighted by molar-refractivity contribution is 0.0959. The molecule has 1 aromatic carbocycles. The molecule has 1 aliphatic rings. The van der Waals surface area contributed by atoms with Crippen molar-refractivity contribution < 1.29 is 9.47 Å². The summed E-state index contributed by atoms with van der Waals surface area (Å²) >= 11 is 1.67. The molecular weight excluding hydrogens is 284 g/mol. The van der Waals surface area contributed by atoms with Crippen molar-refractivity contribution >= 4 is 17.0 Å². The smallest absolute Gasteiger partial charge is 0.190 e. The number of hydrogen-bond donors (Lipinski definition) is 0. The van der Waals surface area contributed by atoms with E-state index in [1.54, 1.807) is 18.4 Å². The van der Waals surface area contributed by atoms with Crippen LogP contribution in [0.2, 0.25) is 0 Å². The quantitative estimate of drug-likeness (QED) is 0.869. The molecule has 0 aliphatic carbocycles. The summed E-state index contributed by atoms with van der Waals surface area (Å²) in [6.07, 6.45) is 2.64. The maximum Gasteiger partial charge on any atom is 0.190 e. The Kier molecular flexibility index (Phi) is 4.41. The standard InChI is InChI=1S/C16H20N2O2S/c1-12-11-21-16(18(12)10-15-4-3-9-20-15)17-13-5-7-14(19-2)8-6-13/h5-8,11,15H,3-4,9-10H2,1-2H3. The second-order valence-electron chi connectivity index (χ2n) is 5.22. The predicted molar refractivity (Wildman–Crippen MR) is 84.2 cm³/mol. The van der Waals surface area contributed by atoms with Crippen LogP contribution in [0.5, 0.6) is 5.75 Å². The van der Waals surface area contributed by atoms with E-state index < -0.39 is 0 Å². The first-order valence-electron chi connectivity index (χ1n) is 7.21. The third-order valence-electron chi connectivity index (χ3n) is 3.70. The molecule has 0 saturated carbocycles. The number of methoxy groups -OCH3 is 1. The van der Waals surface area contributed by atoms with Crippen molar-refractivity contribution in [2.75, 3.05) is 13.7 Å². The molecule has 0 bridgehead atoms. The van der Waals surface area contributed by atoms with Crippen LogP contribution in [0.1, 0.15) is 18.5 Å². The molecule has 21 heavy (non-hydrogen) atoms. The average molecular weight is 304 g/mol. The van der Waals surface area contributed by atoms with Crippen LogP contribution < -0.4 is 9.54 Å². The summed E-state index contributed by atoms with van der Waals surface area (Å²) in [5.74, 6) is 0.851. The number of benzene rings is 1. The van der Waals surface area contributed by atoms with Gasteiger partial charge in [0.15, 0.2) is 4.80 Å². The Morgan fingerprint density at radius 1 is 1.38 bits per heavy atom. The van der Waals surface area contributed by atoms with E-state index in [0.29, 0.717) is 6.10 Å². The number of hydrogen-bond acceptors (Lipinski definition) is 4. The van der Waals surface area contributed by atoms with Crippen LogP contribution in [-0.2, 0) is 11.3 Å². The summed E-state index contributed by atoms with van der Waals surface area (Å²) in [5, 5.41) is 2.15. The van der Waals surface area contributed by atoms with Gasteiger partial charge in [-0.1, -0.05) is 0 Å². The SMILES string of the molecule is COc1ccc(N=c2scc(C)n2CC2CCCO2)cc1. The molecule has 2 heterocycles. The normalized spacial score (nSPS) is 19.1. The van der Waals surface area contributed by atoms with Gasteiger partial charge in [0.25, 0.3) is 0 Å². The van der Waals surface area contributed by atoms with Crippen molar-refractivity contribution in [3.63, 3.8) is 0 Å². The highest BCUT2D eigenvalue weighted by atomic mass is 32.1. The molecule has 0 N–H and O–H groups in total. The third kappa shape index (κ3) is 3.36. The topological polar surface area (TPSA) is 35.8 Å². The van der Waals surface area contributed by atoms with Gasteiger partial charge in [-0.25, -0.2) is 4.99 Å². The fourth-order valence-electron chi connectivity index (χ4n) is 2.48. The lowest BCUT2D eigenvalue weighted by Crippen LogP contribution is -2.24. The minimum absolute atomic E-state index is 0.327. The molecule has 0 amide bonds.